The summed E-state index contributed by atoms with van der Waals surface area (Å²) in [5.74, 6) is -0.976. The summed E-state index contributed by atoms with van der Waals surface area (Å²) in [6.45, 7) is 3.45. The molecule has 29 heavy (non-hydrogen) atoms. The first-order chi connectivity index (χ1) is 13.6. The van der Waals surface area contributed by atoms with Gasteiger partial charge in [0.05, 0.1) is 23.0 Å². The molecular formula is C20H20ClN3O4S. The molecule has 1 amide bonds. The van der Waals surface area contributed by atoms with Gasteiger partial charge in [-0.2, -0.15) is 9.78 Å². The highest BCUT2D eigenvalue weighted by Gasteiger charge is 2.21. The van der Waals surface area contributed by atoms with E-state index in [-0.39, 0.29) is 34.7 Å². The number of anilines is 1. The Morgan fingerprint density at radius 1 is 1.21 bits per heavy atom. The minimum atomic E-state index is -3.62. The lowest BCUT2D eigenvalue weighted by molar-refractivity contribution is -0.115. The number of hydrogen-bond donors (Lipinski definition) is 1. The minimum Gasteiger partial charge on any atom is -0.326 e. The minimum absolute atomic E-state index is 0.00847. The maximum atomic E-state index is 12.5. The third-order valence-corrected chi connectivity index (χ3v) is 5.85. The second-order valence-corrected chi connectivity index (χ2v) is 9.44. The number of nitrogens with one attached hydrogen (secondary N) is 1. The van der Waals surface area contributed by atoms with E-state index in [0.717, 1.165) is 6.26 Å². The van der Waals surface area contributed by atoms with Crippen molar-refractivity contribution in [3.63, 3.8) is 0 Å². The quantitative estimate of drug-likeness (QED) is 0.663. The number of rotatable bonds is 5. The number of fused-ring (bicyclic) bond motifs is 1. The van der Waals surface area contributed by atoms with Crippen LogP contribution >= 0.6 is 11.6 Å². The fraction of sp³-hybridized carbons (Fsp3) is 0.250. The van der Waals surface area contributed by atoms with Crippen molar-refractivity contribution < 1.29 is 18.0 Å². The van der Waals surface area contributed by atoms with Crippen molar-refractivity contribution in [2.24, 2.45) is 5.92 Å². The Morgan fingerprint density at radius 3 is 2.52 bits per heavy atom. The predicted molar refractivity (Wildman–Crippen MR) is 112 cm³/mol. The molecule has 152 valence electrons. The Bertz CT molecular complexity index is 1220. The Kier molecular flexibility index (Phi) is 5.77. The van der Waals surface area contributed by atoms with Crippen molar-refractivity contribution >= 4 is 49.8 Å². The molecule has 0 fully saturated rings. The van der Waals surface area contributed by atoms with Gasteiger partial charge in [0.1, 0.15) is 0 Å². The van der Waals surface area contributed by atoms with E-state index in [1.807, 2.05) is 0 Å². The fourth-order valence-electron chi connectivity index (χ4n) is 2.91. The van der Waals surface area contributed by atoms with Gasteiger partial charge in [0.15, 0.2) is 9.84 Å². The molecule has 0 aliphatic rings. The van der Waals surface area contributed by atoms with Crippen molar-refractivity contribution in [3.05, 3.63) is 53.2 Å². The van der Waals surface area contributed by atoms with Crippen LogP contribution in [-0.4, -0.2) is 36.3 Å². The molecule has 2 aromatic carbocycles. The molecule has 3 aromatic rings. The molecule has 1 heterocycles. The van der Waals surface area contributed by atoms with Crippen LogP contribution in [0.5, 0.6) is 0 Å². The number of benzene rings is 2. The number of aromatic nitrogens is 2. The lowest BCUT2D eigenvalue weighted by Gasteiger charge is -2.11. The zero-order chi connectivity index (χ0) is 21.3. The molecule has 0 saturated carbocycles. The second-order valence-electron chi connectivity index (χ2n) is 7.05. The van der Waals surface area contributed by atoms with E-state index in [1.54, 1.807) is 44.2 Å². The molecule has 3 rings (SSSR count). The molecule has 0 atom stereocenters. The highest BCUT2D eigenvalue weighted by molar-refractivity contribution is 7.91. The van der Waals surface area contributed by atoms with Crippen LogP contribution in [0.25, 0.3) is 10.9 Å². The van der Waals surface area contributed by atoms with Gasteiger partial charge in [0, 0.05) is 28.3 Å². The first kappa shape index (κ1) is 21.0. The molecule has 1 N–H and O–H groups in total. The maximum Gasteiger partial charge on any atom is 0.249 e. The van der Waals surface area contributed by atoms with Crippen molar-refractivity contribution in [2.45, 2.75) is 25.2 Å². The van der Waals surface area contributed by atoms with Gasteiger partial charge in [-0.15, -0.1) is 0 Å². The number of amides is 1. The van der Waals surface area contributed by atoms with Crippen molar-refractivity contribution in [1.82, 2.24) is 9.78 Å². The van der Waals surface area contributed by atoms with Gasteiger partial charge < -0.3 is 5.32 Å². The van der Waals surface area contributed by atoms with Gasteiger partial charge in [-0.3, -0.25) is 9.59 Å². The summed E-state index contributed by atoms with van der Waals surface area (Å²) < 4.78 is 25.7. The van der Waals surface area contributed by atoms with E-state index in [9.17, 15) is 18.0 Å². The molecule has 1 aromatic heterocycles. The van der Waals surface area contributed by atoms with E-state index in [1.165, 1.54) is 16.9 Å². The zero-order valence-corrected chi connectivity index (χ0v) is 17.7. The Labute approximate surface area is 173 Å². The summed E-state index contributed by atoms with van der Waals surface area (Å²) >= 11 is 6.10. The molecule has 0 unspecified atom stereocenters. The second kappa shape index (κ2) is 7.96. The van der Waals surface area contributed by atoms with E-state index in [0.29, 0.717) is 21.5 Å². The molecule has 0 saturated heterocycles. The molecule has 0 aliphatic carbocycles. The summed E-state index contributed by atoms with van der Waals surface area (Å²) in [6, 6.07) is 9.88. The molecule has 0 bridgehead atoms. The number of sulfone groups is 1. The first-order valence-corrected chi connectivity index (χ1v) is 11.1. The SMILES string of the molecule is CC(C)C(=O)n1ncc2c(S(C)(=O)=O)cc(NC(=O)Cc3ccccc3Cl)cc21. The third-order valence-electron chi connectivity index (χ3n) is 4.35. The monoisotopic (exact) mass is 433 g/mol. The number of hydrogen-bond acceptors (Lipinski definition) is 5. The third kappa shape index (κ3) is 4.49. The summed E-state index contributed by atoms with van der Waals surface area (Å²) in [7, 11) is -3.62. The van der Waals surface area contributed by atoms with Crippen LogP contribution in [0, 0.1) is 5.92 Å². The van der Waals surface area contributed by atoms with Gasteiger partial charge in [0.25, 0.3) is 0 Å². The van der Waals surface area contributed by atoms with Gasteiger partial charge >= 0.3 is 0 Å². The van der Waals surface area contributed by atoms with Crippen LogP contribution in [-0.2, 0) is 21.1 Å². The summed E-state index contributed by atoms with van der Waals surface area (Å²) in [5.41, 5.74) is 1.23. The van der Waals surface area contributed by atoms with Gasteiger partial charge in [0.2, 0.25) is 11.8 Å². The van der Waals surface area contributed by atoms with Crippen LogP contribution in [0.2, 0.25) is 5.02 Å². The predicted octanol–water partition coefficient (Wildman–Crippen LogP) is 3.57. The van der Waals surface area contributed by atoms with Crippen molar-refractivity contribution in [2.75, 3.05) is 11.6 Å². The van der Waals surface area contributed by atoms with Crippen molar-refractivity contribution in [1.29, 1.82) is 0 Å². The van der Waals surface area contributed by atoms with Crippen LogP contribution in [0.1, 0.15) is 24.2 Å². The topological polar surface area (TPSA) is 98.1 Å². The first-order valence-electron chi connectivity index (χ1n) is 8.87. The van der Waals surface area contributed by atoms with Crippen LogP contribution in [0.4, 0.5) is 5.69 Å². The van der Waals surface area contributed by atoms with Crippen LogP contribution < -0.4 is 5.32 Å². The number of carbonyl (C=O) groups is 2. The lowest BCUT2D eigenvalue weighted by atomic mass is 10.1. The van der Waals surface area contributed by atoms with Crippen LogP contribution in [0.15, 0.2) is 47.5 Å². The Hall–Kier alpha value is -2.71. The Morgan fingerprint density at radius 2 is 1.90 bits per heavy atom. The molecule has 7 nitrogen and oxygen atoms in total. The molecule has 0 spiro atoms. The summed E-state index contributed by atoms with van der Waals surface area (Å²) in [5, 5.41) is 7.55. The largest absolute Gasteiger partial charge is 0.326 e. The summed E-state index contributed by atoms with van der Waals surface area (Å²) in [4.78, 5) is 24.9. The number of carbonyl (C=O) groups excluding carboxylic acids is 2. The van der Waals surface area contributed by atoms with E-state index in [2.05, 4.69) is 10.4 Å². The molecular weight excluding hydrogens is 414 g/mol. The smallest absolute Gasteiger partial charge is 0.249 e. The van der Waals surface area contributed by atoms with Gasteiger partial charge in [-0.1, -0.05) is 43.6 Å². The number of halogens is 1. The summed E-state index contributed by atoms with van der Waals surface area (Å²) in [6.07, 6.45) is 2.44. The van der Waals surface area contributed by atoms with Gasteiger partial charge in [-0.05, 0) is 23.8 Å². The van der Waals surface area contributed by atoms with E-state index in [4.69, 9.17) is 11.6 Å². The normalized spacial score (nSPS) is 11.8. The fourth-order valence-corrected chi connectivity index (χ4v) is 4.01. The highest BCUT2D eigenvalue weighted by Crippen LogP contribution is 2.28. The number of nitrogens with zero attached hydrogens (tertiary/aromatic N) is 2. The molecule has 0 aliphatic heterocycles. The zero-order valence-electron chi connectivity index (χ0n) is 16.1. The van der Waals surface area contributed by atoms with E-state index < -0.39 is 9.84 Å². The van der Waals surface area contributed by atoms with Gasteiger partial charge in [-0.25, -0.2) is 8.42 Å². The average molecular weight is 434 g/mol. The highest BCUT2D eigenvalue weighted by atomic mass is 35.5. The van der Waals surface area contributed by atoms with E-state index >= 15 is 0 Å². The van der Waals surface area contributed by atoms with Crippen LogP contribution in [0.3, 0.4) is 0 Å². The Balaban J connectivity index is 2.03. The maximum absolute atomic E-state index is 12.5. The lowest BCUT2D eigenvalue weighted by Crippen LogP contribution is -2.18. The average Bonchev–Trinajstić information content (AvgIpc) is 3.05. The molecule has 0 radical (unpaired) electrons. The molecule has 9 heteroatoms. The standard InChI is InChI=1S/C20H20ClN3O4S/c1-12(2)20(26)24-17-9-14(10-18(29(3,27)28)15(17)11-22-24)23-19(25)8-13-6-4-5-7-16(13)21/h4-7,9-12H,8H2,1-3H3,(H,23,25). The van der Waals surface area contributed by atoms with Crippen molar-refractivity contribution in [3.8, 4) is 0 Å².